The smallest absolute Gasteiger partial charge is 0.167 e. The molecular weight excluding hydrogens is 500 g/mol. The van der Waals surface area contributed by atoms with Crippen molar-refractivity contribution in [3.8, 4) is 23.1 Å². The molecule has 0 bridgehead atoms. The Hall–Kier alpha value is -4.07. The van der Waals surface area contributed by atoms with Crippen LogP contribution in [0.15, 0.2) is 48.7 Å². The van der Waals surface area contributed by atoms with Gasteiger partial charge in [-0.05, 0) is 61.7 Å². The summed E-state index contributed by atoms with van der Waals surface area (Å²) in [7, 11) is 1.69. The molecule has 0 unspecified atom stereocenters. The van der Waals surface area contributed by atoms with Crippen LogP contribution >= 0.6 is 0 Å². The van der Waals surface area contributed by atoms with Crippen LogP contribution in [0.3, 0.4) is 0 Å². The van der Waals surface area contributed by atoms with Crippen molar-refractivity contribution < 1.29 is 13.5 Å². The van der Waals surface area contributed by atoms with Crippen LogP contribution in [-0.2, 0) is 4.74 Å². The summed E-state index contributed by atoms with van der Waals surface area (Å²) in [6.07, 6.45) is 4.59. The van der Waals surface area contributed by atoms with Crippen LogP contribution in [0.1, 0.15) is 24.8 Å². The van der Waals surface area contributed by atoms with Crippen molar-refractivity contribution in [2.75, 3.05) is 43.1 Å². The molecule has 0 aliphatic carbocycles. The SMILES string of the molecule is CO[C@@H]1CCN(c2ccc(-n3c(-c4ccc(C#N)c(F)c4)nc4c(N5CCC[C@@H](N)C5)ccnc43)c(F)c2)C1. The first-order valence-corrected chi connectivity index (χ1v) is 13.1. The first-order valence-electron chi connectivity index (χ1n) is 13.1. The molecule has 39 heavy (non-hydrogen) atoms. The molecular formula is C29H29F2N7O. The van der Waals surface area contributed by atoms with Crippen LogP contribution in [0.2, 0.25) is 0 Å². The van der Waals surface area contributed by atoms with E-state index in [0.717, 1.165) is 43.7 Å². The van der Waals surface area contributed by atoms with E-state index in [1.807, 2.05) is 18.2 Å². The number of anilines is 2. The van der Waals surface area contributed by atoms with Gasteiger partial charge in [-0.3, -0.25) is 4.57 Å². The molecule has 2 fully saturated rings. The van der Waals surface area contributed by atoms with Gasteiger partial charge in [-0.1, -0.05) is 0 Å². The summed E-state index contributed by atoms with van der Waals surface area (Å²) < 4.78 is 37.7. The van der Waals surface area contributed by atoms with Crippen molar-refractivity contribution in [1.29, 1.82) is 5.26 Å². The minimum absolute atomic E-state index is 0.0458. The van der Waals surface area contributed by atoms with E-state index in [9.17, 15) is 9.65 Å². The third-order valence-electron chi connectivity index (χ3n) is 7.69. The number of piperidine rings is 1. The van der Waals surface area contributed by atoms with E-state index < -0.39 is 11.6 Å². The molecule has 0 saturated carbocycles. The lowest BCUT2D eigenvalue weighted by molar-refractivity contribution is 0.121. The Labute approximate surface area is 225 Å². The lowest BCUT2D eigenvalue weighted by atomic mass is 10.1. The molecule has 200 valence electrons. The maximum Gasteiger partial charge on any atom is 0.167 e. The molecule has 8 nitrogen and oxygen atoms in total. The van der Waals surface area contributed by atoms with Crippen molar-refractivity contribution >= 4 is 22.5 Å². The van der Waals surface area contributed by atoms with Crippen LogP contribution in [-0.4, -0.2) is 60.0 Å². The minimum atomic E-state index is -0.665. The molecule has 2 aromatic carbocycles. The summed E-state index contributed by atoms with van der Waals surface area (Å²) in [6.45, 7) is 2.97. The molecule has 2 atom stereocenters. The fourth-order valence-corrected chi connectivity index (χ4v) is 5.64. The molecule has 0 radical (unpaired) electrons. The number of rotatable bonds is 5. The fraction of sp³-hybridized carbons (Fsp3) is 0.345. The number of pyridine rings is 1. The average Bonchev–Trinajstić information content (AvgIpc) is 3.58. The summed E-state index contributed by atoms with van der Waals surface area (Å²) in [4.78, 5) is 13.8. The monoisotopic (exact) mass is 529 g/mol. The summed E-state index contributed by atoms with van der Waals surface area (Å²) >= 11 is 0. The van der Waals surface area contributed by atoms with E-state index in [-0.39, 0.29) is 23.4 Å². The first-order chi connectivity index (χ1) is 19.0. The minimum Gasteiger partial charge on any atom is -0.380 e. The van der Waals surface area contributed by atoms with Crippen molar-refractivity contribution in [1.82, 2.24) is 14.5 Å². The van der Waals surface area contributed by atoms with Gasteiger partial charge in [0.1, 0.15) is 29.0 Å². The number of ether oxygens (including phenoxy) is 1. The Morgan fingerprint density at radius 2 is 1.87 bits per heavy atom. The molecule has 2 aromatic heterocycles. The number of benzene rings is 2. The highest BCUT2D eigenvalue weighted by Gasteiger charge is 2.26. The Morgan fingerprint density at radius 3 is 2.59 bits per heavy atom. The van der Waals surface area contributed by atoms with Crippen LogP contribution in [0, 0.1) is 23.0 Å². The maximum atomic E-state index is 15.9. The standard InChI is InChI=1S/C29H29F2N7O/c1-39-22-9-12-36(17-22)21-6-7-25(24(31)14-21)38-28(18-4-5-19(15-32)23(30)13-18)35-27-26(8-10-34-29(27)38)37-11-2-3-20(33)16-37/h4-8,10,13-14,20,22H,2-3,9,11-12,16-17,33H2,1H3/t20-,22-/m1/s1. The van der Waals surface area contributed by atoms with Gasteiger partial charge in [0.15, 0.2) is 5.65 Å². The Balaban J connectivity index is 1.51. The zero-order valence-electron chi connectivity index (χ0n) is 21.6. The average molecular weight is 530 g/mol. The van der Waals surface area contributed by atoms with E-state index in [1.165, 1.54) is 18.2 Å². The number of hydrogen-bond acceptors (Lipinski definition) is 7. The number of nitrogens with zero attached hydrogens (tertiary/aromatic N) is 6. The van der Waals surface area contributed by atoms with Crippen LogP contribution in [0.4, 0.5) is 20.2 Å². The maximum absolute atomic E-state index is 15.9. The topological polar surface area (TPSA) is 96.2 Å². The van der Waals surface area contributed by atoms with Crippen molar-refractivity contribution in [3.05, 3.63) is 65.9 Å². The molecule has 2 aliphatic rings. The number of fused-ring (bicyclic) bond motifs is 1. The van der Waals surface area contributed by atoms with E-state index >= 15 is 4.39 Å². The number of methoxy groups -OCH3 is 1. The predicted molar refractivity (Wildman–Crippen MR) is 146 cm³/mol. The zero-order valence-corrected chi connectivity index (χ0v) is 21.6. The van der Waals surface area contributed by atoms with Gasteiger partial charge in [-0.15, -0.1) is 0 Å². The Morgan fingerprint density at radius 1 is 1.00 bits per heavy atom. The van der Waals surface area contributed by atoms with Crippen molar-refractivity contribution in [2.45, 2.75) is 31.4 Å². The van der Waals surface area contributed by atoms with E-state index in [2.05, 4.69) is 14.8 Å². The van der Waals surface area contributed by atoms with Gasteiger partial charge in [0.25, 0.3) is 0 Å². The largest absolute Gasteiger partial charge is 0.380 e. The number of halogens is 2. The predicted octanol–water partition coefficient (Wildman–Crippen LogP) is 4.39. The van der Waals surface area contributed by atoms with Crippen LogP contribution in [0.25, 0.3) is 28.2 Å². The summed E-state index contributed by atoms with van der Waals surface area (Å²) in [6, 6.07) is 13.2. The molecule has 2 aliphatic heterocycles. The summed E-state index contributed by atoms with van der Waals surface area (Å²) in [5.41, 5.74) is 9.51. The van der Waals surface area contributed by atoms with E-state index in [1.54, 1.807) is 30.0 Å². The molecule has 10 heteroatoms. The highest BCUT2D eigenvalue weighted by molar-refractivity contribution is 5.90. The second kappa shape index (κ2) is 10.2. The van der Waals surface area contributed by atoms with Crippen LogP contribution in [0.5, 0.6) is 0 Å². The normalized spacial score (nSPS) is 19.6. The van der Waals surface area contributed by atoms with Gasteiger partial charge in [0.05, 0.1) is 23.0 Å². The van der Waals surface area contributed by atoms with Crippen molar-refractivity contribution in [2.24, 2.45) is 5.73 Å². The lowest BCUT2D eigenvalue weighted by Gasteiger charge is -2.32. The van der Waals surface area contributed by atoms with E-state index in [4.69, 9.17) is 15.5 Å². The molecule has 4 heterocycles. The molecule has 0 spiro atoms. The summed E-state index contributed by atoms with van der Waals surface area (Å²) in [5.74, 6) is -0.779. The highest BCUT2D eigenvalue weighted by atomic mass is 19.1. The van der Waals surface area contributed by atoms with Crippen LogP contribution < -0.4 is 15.5 Å². The summed E-state index contributed by atoms with van der Waals surface area (Å²) in [5, 5.41) is 9.22. The zero-order chi connectivity index (χ0) is 27.1. The van der Waals surface area contributed by atoms with Gasteiger partial charge >= 0.3 is 0 Å². The van der Waals surface area contributed by atoms with Crippen molar-refractivity contribution in [3.63, 3.8) is 0 Å². The number of nitriles is 1. The molecule has 0 amide bonds. The number of hydrogen-bond donors (Lipinski definition) is 1. The lowest BCUT2D eigenvalue weighted by Crippen LogP contribution is -2.42. The van der Waals surface area contributed by atoms with Gasteiger partial charge < -0.3 is 20.3 Å². The highest BCUT2D eigenvalue weighted by Crippen LogP contribution is 2.35. The second-order valence-corrected chi connectivity index (χ2v) is 10.2. The quantitative estimate of drug-likeness (QED) is 0.410. The molecule has 4 aromatic rings. The molecule has 2 N–H and O–H groups in total. The Bertz CT molecular complexity index is 1580. The fourth-order valence-electron chi connectivity index (χ4n) is 5.64. The second-order valence-electron chi connectivity index (χ2n) is 10.2. The third kappa shape index (κ3) is 4.58. The molecule has 2 saturated heterocycles. The number of nitrogens with two attached hydrogens (primary N) is 1. The molecule has 6 rings (SSSR count). The third-order valence-corrected chi connectivity index (χ3v) is 7.69. The first kappa shape index (κ1) is 25.2. The Kier molecular flexibility index (Phi) is 6.62. The van der Waals surface area contributed by atoms with Gasteiger partial charge in [0.2, 0.25) is 0 Å². The van der Waals surface area contributed by atoms with E-state index in [0.29, 0.717) is 35.6 Å². The number of imidazole rings is 1. The van der Waals surface area contributed by atoms with Gasteiger partial charge in [-0.2, -0.15) is 5.26 Å². The van der Waals surface area contributed by atoms with Gasteiger partial charge in [0, 0.05) is 56.8 Å². The number of aromatic nitrogens is 3. The van der Waals surface area contributed by atoms with Gasteiger partial charge in [-0.25, -0.2) is 18.7 Å².